The molecular weight excluding hydrogens is 471 g/mol. The van der Waals surface area contributed by atoms with Crippen LogP contribution in [0.1, 0.15) is 23.0 Å². The summed E-state index contributed by atoms with van der Waals surface area (Å²) >= 11 is 1.33. The number of fused-ring (bicyclic) bond motifs is 1. The summed E-state index contributed by atoms with van der Waals surface area (Å²) in [5, 5.41) is 7.62. The second-order valence-corrected chi connectivity index (χ2v) is 8.84. The highest BCUT2D eigenvalue weighted by atomic mass is 32.1. The van der Waals surface area contributed by atoms with Crippen LogP contribution in [-0.2, 0) is 6.18 Å². The Bertz CT molecular complexity index is 1480. The first kappa shape index (κ1) is 22.9. The molecule has 2 heterocycles. The number of benzene rings is 3. The molecule has 8 heteroatoms. The van der Waals surface area contributed by atoms with E-state index in [1.54, 1.807) is 46.7 Å². The van der Waals surface area contributed by atoms with Crippen LogP contribution in [0.3, 0.4) is 0 Å². The standard InChI is InChI=1S/C27H20F3N3OS/c1-2-32(22-10-5-8-18-7-3-4-9-21(18)22)26(34)19-12-14-20(15-13-19)33-23(24-11-6-16-35-24)17-25(31-33)27(28,29)30/h3-17H,2H2,1H3. The van der Waals surface area contributed by atoms with Crippen LogP contribution in [0, 0.1) is 0 Å². The largest absolute Gasteiger partial charge is 0.435 e. The van der Waals surface area contributed by atoms with Gasteiger partial charge in [0.1, 0.15) is 0 Å². The molecule has 0 saturated heterocycles. The van der Waals surface area contributed by atoms with Gasteiger partial charge in [-0.3, -0.25) is 4.79 Å². The SMILES string of the molecule is CCN(C(=O)c1ccc(-n2nc(C(F)(F)F)cc2-c2cccs2)cc1)c1cccc2ccccc12. The van der Waals surface area contributed by atoms with Gasteiger partial charge in [0, 0.05) is 17.5 Å². The minimum absolute atomic E-state index is 0.190. The lowest BCUT2D eigenvalue weighted by molar-refractivity contribution is -0.141. The van der Waals surface area contributed by atoms with Gasteiger partial charge >= 0.3 is 6.18 Å². The van der Waals surface area contributed by atoms with Gasteiger partial charge < -0.3 is 4.90 Å². The molecule has 4 nitrogen and oxygen atoms in total. The smallest absolute Gasteiger partial charge is 0.308 e. The van der Waals surface area contributed by atoms with Crippen LogP contribution in [-0.4, -0.2) is 22.2 Å². The summed E-state index contributed by atoms with van der Waals surface area (Å²) in [4.78, 5) is 15.8. The van der Waals surface area contributed by atoms with E-state index in [0.717, 1.165) is 22.5 Å². The molecule has 35 heavy (non-hydrogen) atoms. The third-order valence-corrected chi connectivity index (χ3v) is 6.64. The van der Waals surface area contributed by atoms with E-state index >= 15 is 0 Å². The van der Waals surface area contributed by atoms with E-state index in [-0.39, 0.29) is 5.91 Å². The normalized spacial score (nSPS) is 11.7. The van der Waals surface area contributed by atoms with Crippen molar-refractivity contribution in [2.75, 3.05) is 11.4 Å². The van der Waals surface area contributed by atoms with Crippen LogP contribution < -0.4 is 4.90 Å². The lowest BCUT2D eigenvalue weighted by atomic mass is 10.1. The van der Waals surface area contributed by atoms with E-state index in [4.69, 9.17) is 0 Å². The number of hydrogen-bond acceptors (Lipinski definition) is 3. The lowest BCUT2D eigenvalue weighted by Crippen LogP contribution is -2.30. The molecule has 5 aromatic rings. The quantitative estimate of drug-likeness (QED) is 0.256. The molecule has 0 unspecified atom stereocenters. The molecule has 176 valence electrons. The molecule has 0 bridgehead atoms. The molecule has 0 N–H and O–H groups in total. The van der Waals surface area contributed by atoms with Gasteiger partial charge in [0.05, 0.1) is 21.9 Å². The minimum atomic E-state index is -4.56. The number of rotatable bonds is 5. The third-order valence-electron chi connectivity index (χ3n) is 5.75. The average Bonchev–Trinajstić information content (AvgIpc) is 3.55. The maximum Gasteiger partial charge on any atom is 0.435 e. The first-order chi connectivity index (χ1) is 16.9. The van der Waals surface area contributed by atoms with Crippen molar-refractivity contribution in [2.45, 2.75) is 13.1 Å². The molecule has 0 fully saturated rings. The number of nitrogens with zero attached hydrogens (tertiary/aromatic N) is 3. The van der Waals surface area contributed by atoms with Gasteiger partial charge in [-0.05, 0) is 60.2 Å². The number of thiophene rings is 1. The molecule has 0 saturated carbocycles. The minimum Gasteiger partial charge on any atom is -0.308 e. The number of aromatic nitrogens is 2. The lowest BCUT2D eigenvalue weighted by Gasteiger charge is -2.23. The zero-order valence-electron chi connectivity index (χ0n) is 18.7. The van der Waals surface area contributed by atoms with Crippen molar-refractivity contribution >= 4 is 33.7 Å². The fraction of sp³-hybridized carbons (Fsp3) is 0.111. The Balaban J connectivity index is 1.50. The topological polar surface area (TPSA) is 38.1 Å². The number of halogens is 3. The van der Waals surface area contributed by atoms with Gasteiger partial charge in [0.25, 0.3) is 5.91 Å². The molecule has 0 aliphatic heterocycles. The van der Waals surface area contributed by atoms with E-state index in [1.807, 2.05) is 49.4 Å². The van der Waals surface area contributed by atoms with Crippen LogP contribution in [0.15, 0.2) is 90.3 Å². The molecule has 0 spiro atoms. The van der Waals surface area contributed by atoms with Crippen molar-refractivity contribution in [3.63, 3.8) is 0 Å². The van der Waals surface area contributed by atoms with Gasteiger partial charge in [-0.1, -0.05) is 42.5 Å². The van der Waals surface area contributed by atoms with Crippen molar-refractivity contribution in [1.82, 2.24) is 9.78 Å². The van der Waals surface area contributed by atoms with Gasteiger partial charge in [-0.25, -0.2) is 4.68 Å². The number of amides is 1. The molecular formula is C27H20F3N3OS. The first-order valence-corrected chi connectivity index (χ1v) is 11.9. The summed E-state index contributed by atoms with van der Waals surface area (Å²) in [5.74, 6) is -0.190. The van der Waals surface area contributed by atoms with Gasteiger partial charge in [0.15, 0.2) is 5.69 Å². The Morgan fingerprint density at radius 3 is 2.40 bits per heavy atom. The summed E-state index contributed by atoms with van der Waals surface area (Å²) in [6.45, 7) is 2.37. The van der Waals surface area contributed by atoms with Crippen molar-refractivity contribution in [2.24, 2.45) is 0 Å². The van der Waals surface area contributed by atoms with Gasteiger partial charge in [-0.2, -0.15) is 18.3 Å². The van der Waals surface area contributed by atoms with Gasteiger partial charge in [-0.15, -0.1) is 11.3 Å². The second kappa shape index (κ2) is 9.03. The third kappa shape index (κ3) is 4.33. The fourth-order valence-electron chi connectivity index (χ4n) is 4.08. The van der Waals surface area contributed by atoms with E-state index in [0.29, 0.717) is 28.4 Å². The van der Waals surface area contributed by atoms with Crippen LogP contribution >= 0.6 is 11.3 Å². The zero-order chi connectivity index (χ0) is 24.6. The second-order valence-electron chi connectivity index (χ2n) is 7.90. The molecule has 2 aromatic heterocycles. The van der Waals surface area contributed by atoms with Gasteiger partial charge in [0.2, 0.25) is 0 Å². The summed E-state index contributed by atoms with van der Waals surface area (Å²) in [6, 6.07) is 24.7. The first-order valence-electron chi connectivity index (χ1n) is 11.0. The van der Waals surface area contributed by atoms with Crippen molar-refractivity contribution in [3.05, 3.63) is 102 Å². The van der Waals surface area contributed by atoms with E-state index < -0.39 is 11.9 Å². The maximum absolute atomic E-state index is 13.4. The number of carbonyl (C=O) groups is 1. The van der Waals surface area contributed by atoms with Crippen molar-refractivity contribution < 1.29 is 18.0 Å². The maximum atomic E-state index is 13.4. The highest BCUT2D eigenvalue weighted by Gasteiger charge is 2.35. The van der Waals surface area contributed by atoms with E-state index in [2.05, 4.69) is 5.10 Å². The van der Waals surface area contributed by atoms with Crippen molar-refractivity contribution in [3.8, 4) is 16.3 Å². The highest BCUT2D eigenvalue weighted by molar-refractivity contribution is 7.13. The molecule has 5 rings (SSSR count). The monoisotopic (exact) mass is 491 g/mol. The Morgan fingerprint density at radius 2 is 1.71 bits per heavy atom. The molecule has 3 aromatic carbocycles. The molecule has 0 atom stereocenters. The number of alkyl halides is 3. The van der Waals surface area contributed by atoms with Crippen LogP contribution in [0.25, 0.3) is 27.0 Å². The summed E-state index contributed by atoms with van der Waals surface area (Å²) in [5.41, 5.74) is 1.06. The Kier molecular flexibility index (Phi) is 5.90. The van der Waals surface area contributed by atoms with Crippen LogP contribution in [0.5, 0.6) is 0 Å². The summed E-state index contributed by atoms with van der Waals surface area (Å²) < 4.78 is 41.4. The predicted molar refractivity (Wildman–Crippen MR) is 133 cm³/mol. The number of anilines is 1. The average molecular weight is 492 g/mol. The summed E-state index contributed by atoms with van der Waals surface area (Å²) in [7, 11) is 0. The van der Waals surface area contributed by atoms with Crippen LogP contribution in [0.4, 0.5) is 18.9 Å². The zero-order valence-corrected chi connectivity index (χ0v) is 19.5. The molecule has 1 amide bonds. The highest BCUT2D eigenvalue weighted by Crippen LogP contribution is 2.35. The predicted octanol–water partition coefficient (Wildman–Crippen LogP) is 7.44. The van der Waals surface area contributed by atoms with E-state index in [1.165, 1.54) is 16.0 Å². The molecule has 0 aliphatic rings. The Hall–Kier alpha value is -3.91. The van der Waals surface area contributed by atoms with Crippen LogP contribution in [0.2, 0.25) is 0 Å². The summed E-state index contributed by atoms with van der Waals surface area (Å²) in [6.07, 6.45) is -4.56. The number of carbonyl (C=O) groups excluding carboxylic acids is 1. The Morgan fingerprint density at radius 1 is 0.971 bits per heavy atom. The number of hydrogen-bond donors (Lipinski definition) is 0. The molecule has 0 aliphatic carbocycles. The Labute approximate surface area is 203 Å². The fourth-order valence-corrected chi connectivity index (χ4v) is 4.81. The van der Waals surface area contributed by atoms with Crippen molar-refractivity contribution in [1.29, 1.82) is 0 Å². The van der Waals surface area contributed by atoms with E-state index in [9.17, 15) is 18.0 Å². The molecule has 0 radical (unpaired) electrons.